The van der Waals surface area contributed by atoms with E-state index in [1.807, 2.05) is 25.7 Å². The zero-order chi connectivity index (χ0) is 13.6. The minimum atomic E-state index is -0.426. The van der Waals surface area contributed by atoms with Gasteiger partial charge in [-0.25, -0.2) is 4.79 Å². The fourth-order valence-corrected chi connectivity index (χ4v) is 2.85. The number of hydrogen-bond donors (Lipinski definition) is 0. The molecule has 19 heavy (non-hydrogen) atoms. The van der Waals surface area contributed by atoms with Crippen molar-refractivity contribution in [2.24, 2.45) is 5.92 Å². The van der Waals surface area contributed by atoms with Crippen LogP contribution >= 0.6 is 0 Å². The third-order valence-corrected chi connectivity index (χ3v) is 3.78. The molecule has 1 aliphatic heterocycles. The molecule has 1 saturated carbocycles. The van der Waals surface area contributed by atoms with Gasteiger partial charge in [0.25, 0.3) is 0 Å². The molecule has 1 atom stereocenters. The van der Waals surface area contributed by atoms with E-state index >= 15 is 0 Å². The molecule has 0 radical (unpaired) electrons. The maximum Gasteiger partial charge on any atom is 0.410 e. The number of rotatable bonds is 1. The van der Waals surface area contributed by atoms with Crippen LogP contribution in [0, 0.1) is 5.92 Å². The summed E-state index contributed by atoms with van der Waals surface area (Å²) in [7, 11) is 0. The number of hydrogen-bond acceptors (Lipinski definition) is 2. The second-order valence-corrected chi connectivity index (χ2v) is 6.58. The van der Waals surface area contributed by atoms with Crippen LogP contribution in [0.25, 0.3) is 0 Å². The molecule has 1 unspecified atom stereocenters. The highest BCUT2D eigenvalue weighted by Crippen LogP contribution is 2.46. The SMILES string of the molecule is CC(C)(C)OC(=O)N1CCn2cccc2C1C1CC1. The van der Waals surface area contributed by atoms with Crippen LogP contribution in [0.4, 0.5) is 4.79 Å². The minimum Gasteiger partial charge on any atom is -0.444 e. The molecule has 1 aromatic heterocycles. The highest BCUT2D eigenvalue weighted by molar-refractivity contribution is 5.69. The molecule has 0 N–H and O–H groups in total. The number of carbonyl (C=O) groups is 1. The van der Waals surface area contributed by atoms with E-state index in [4.69, 9.17) is 4.74 Å². The van der Waals surface area contributed by atoms with Gasteiger partial charge >= 0.3 is 6.09 Å². The second-order valence-electron chi connectivity index (χ2n) is 6.58. The molecule has 0 saturated heterocycles. The molecule has 0 bridgehead atoms. The summed E-state index contributed by atoms with van der Waals surface area (Å²) in [5, 5.41) is 0. The number of ether oxygens (including phenoxy) is 1. The summed E-state index contributed by atoms with van der Waals surface area (Å²) >= 11 is 0. The van der Waals surface area contributed by atoms with Crippen LogP contribution in [0.1, 0.15) is 45.3 Å². The van der Waals surface area contributed by atoms with Crippen LogP contribution in [0.2, 0.25) is 0 Å². The van der Waals surface area contributed by atoms with Gasteiger partial charge in [-0.2, -0.15) is 0 Å². The van der Waals surface area contributed by atoms with Gasteiger partial charge in [-0.3, -0.25) is 4.90 Å². The lowest BCUT2D eigenvalue weighted by Crippen LogP contribution is -2.45. The van der Waals surface area contributed by atoms with Gasteiger partial charge in [0.15, 0.2) is 0 Å². The summed E-state index contributed by atoms with van der Waals surface area (Å²) < 4.78 is 7.82. The number of amides is 1. The maximum absolute atomic E-state index is 12.4. The van der Waals surface area contributed by atoms with E-state index in [2.05, 4.69) is 22.9 Å². The Hall–Kier alpha value is -1.45. The highest BCUT2D eigenvalue weighted by Gasteiger charge is 2.42. The first-order chi connectivity index (χ1) is 8.96. The summed E-state index contributed by atoms with van der Waals surface area (Å²) in [4.78, 5) is 14.3. The smallest absolute Gasteiger partial charge is 0.410 e. The fourth-order valence-electron chi connectivity index (χ4n) is 2.85. The van der Waals surface area contributed by atoms with Gasteiger partial charge in [0.1, 0.15) is 5.60 Å². The van der Waals surface area contributed by atoms with Gasteiger partial charge in [0.2, 0.25) is 0 Å². The van der Waals surface area contributed by atoms with Crippen molar-refractivity contribution < 1.29 is 9.53 Å². The Bertz CT molecular complexity index is 483. The number of aromatic nitrogens is 1. The summed E-state index contributed by atoms with van der Waals surface area (Å²) in [5.41, 5.74) is 0.838. The van der Waals surface area contributed by atoms with Gasteiger partial charge in [-0.1, -0.05) is 0 Å². The van der Waals surface area contributed by atoms with Crippen LogP contribution < -0.4 is 0 Å². The third-order valence-electron chi connectivity index (χ3n) is 3.78. The Kier molecular flexibility index (Phi) is 2.84. The lowest BCUT2D eigenvalue weighted by Gasteiger charge is -2.38. The predicted molar refractivity (Wildman–Crippen MR) is 72.8 cm³/mol. The molecule has 3 rings (SSSR count). The summed E-state index contributed by atoms with van der Waals surface area (Å²) in [6.45, 7) is 7.37. The number of carbonyl (C=O) groups excluding carboxylic acids is 1. The molecule has 104 valence electrons. The van der Waals surface area contributed by atoms with Gasteiger partial charge in [-0.15, -0.1) is 0 Å². The van der Waals surface area contributed by atoms with Crippen molar-refractivity contribution in [2.75, 3.05) is 6.54 Å². The third kappa shape index (κ3) is 2.48. The van der Waals surface area contributed by atoms with Crippen molar-refractivity contribution in [3.63, 3.8) is 0 Å². The summed E-state index contributed by atoms with van der Waals surface area (Å²) in [5.74, 6) is 0.612. The van der Waals surface area contributed by atoms with Crippen molar-refractivity contribution >= 4 is 6.09 Å². The molecule has 4 nitrogen and oxygen atoms in total. The Morgan fingerprint density at radius 3 is 2.68 bits per heavy atom. The minimum absolute atomic E-state index is 0.170. The molecule has 1 fully saturated rings. The van der Waals surface area contributed by atoms with Crippen molar-refractivity contribution in [2.45, 2.75) is 51.8 Å². The van der Waals surface area contributed by atoms with Gasteiger partial charge in [0, 0.05) is 25.0 Å². The van der Waals surface area contributed by atoms with Gasteiger partial charge in [0.05, 0.1) is 6.04 Å². The number of nitrogens with zero attached hydrogens (tertiary/aromatic N) is 2. The van der Waals surface area contributed by atoms with E-state index in [9.17, 15) is 4.79 Å². The van der Waals surface area contributed by atoms with E-state index in [1.54, 1.807) is 0 Å². The molecular formula is C15H22N2O2. The molecule has 0 spiro atoms. The first-order valence-electron chi connectivity index (χ1n) is 7.10. The summed E-state index contributed by atoms with van der Waals surface area (Å²) in [6.07, 6.45) is 4.37. The first-order valence-corrected chi connectivity index (χ1v) is 7.10. The van der Waals surface area contributed by atoms with E-state index in [1.165, 1.54) is 18.5 Å². The quantitative estimate of drug-likeness (QED) is 0.779. The number of fused-ring (bicyclic) bond motifs is 1. The van der Waals surface area contributed by atoms with Crippen molar-refractivity contribution in [1.29, 1.82) is 0 Å². The van der Waals surface area contributed by atoms with Crippen LogP contribution in [0.3, 0.4) is 0 Å². The lowest BCUT2D eigenvalue weighted by molar-refractivity contribution is 0.00781. The predicted octanol–water partition coefficient (Wildman–Crippen LogP) is 3.19. The van der Waals surface area contributed by atoms with Crippen molar-refractivity contribution in [3.8, 4) is 0 Å². The Labute approximate surface area is 114 Å². The van der Waals surface area contributed by atoms with E-state index in [-0.39, 0.29) is 12.1 Å². The Morgan fingerprint density at radius 2 is 2.05 bits per heavy atom. The fraction of sp³-hybridized carbons (Fsp3) is 0.667. The molecule has 4 heteroatoms. The van der Waals surface area contributed by atoms with E-state index < -0.39 is 5.60 Å². The molecule has 1 aromatic rings. The molecule has 0 aromatic carbocycles. The molecular weight excluding hydrogens is 240 g/mol. The van der Waals surface area contributed by atoms with Crippen LogP contribution in [-0.2, 0) is 11.3 Å². The Morgan fingerprint density at radius 1 is 1.32 bits per heavy atom. The van der Waals surface area contributed by atoms with Crippen LogP contribution in [0.5, 0.6) is 0 Å². The molecule has 2 heterocycles. The van der Waals surface area contributed by atoms with Crippen LogP contribution in [-0.4, -0.2) is 27.7 Å². The highest BCUT2D eigenvalue weighted by atomic mass is 16.6. The normalized spacial score (nSPS) is 23.1. The average Bonchev–Trinajstić information content (AvgIpc) is 3.02. The zero-order valence-corrected chi connectivity index (χ0v) is 11.9. The Balaban J connectivity index is 1.84. The largest absolute Gasteiger partial charge is 0.444 e. The van der Waals surface area contributed by atoms with Gasteiger partial charge < -0.3 is 9.30 Å². The van der Waals surface area contributed by atoms with E-state index in [0.29, 0.717) is 5.92 Å². The monoisotopic (exact) mass is 262 g/mol. The molecule has 1 amide bonds. The summed E-state index contributed by atoms with van der Waals surface area (Å²) in [6, 6.07) is 4.42. The lowest BCUT2D eigenvalue weighted by atomic mass is 10.1. The standard InChI is InChI=1S/C15H22N2O2/c1-15(2,3)19-14(18)17-10-9-16-8-4-5-12(16)13(17)11-6-7-11/h4-5,8,11,13H,6-7,9-10H2,1-3H3. The average molecular weight is 262 g/mol. The second kappa shape index (κ2) is 4.29. The maximum atomic E-state index is 12.4. The van der Waals surface area contributed by atoms with Gasteiger partial charge in [-0.05, 0) is 51.7 Å². The molecule has 1 aliphatic carbocycles. The van der Waals surface area contributed by atoms with Crippen LogP contribution in [0.15, 0.2) is 18.3 Å². The first kappa shape index (κ1) is 12.6. The zero-order valence-electron chi connectivity index (χ0n) is 11.9. The topological polar surface area (TPSA) is 34.5 Å². The van der Waals surface area contributed by atoms with E-state index in [0.717, 1.165) is 13.1 Å². The molecule has 2 aliphatic rings. The van der Waals surface area contributed by atoms with Crippen molar-refractivity contribution in [3.05, 3.63) is 24.0 Å². The van der Waals surface area contributed by atoms with Crippen molar-refractivity contribution in [1.82, 2.24) is 9.47 Å².